The van der Waals surface area contributed by atoms with Crippen LogP contribution in [0.25, 0.3) is 0 Å². The van der Waals surface area contributed by atoms with Crippen LogP contribution in [0.4, 0.5) is 11.6 Å². The Bertz CT molecular complexity index is 396. The van der Waals surface area contributed by atoms with Gasteiger partial charge in [-0.1, -0.05) is 11.8 Å². The molecule has 0 aliphatic carbocycles. The van der Waals surface area contributed by atoms with E-state index >= 15 is 0 Å². The molecule has 0 unspecified atom stereocenters. The minimum absolute atomic E-state index is 0.804. The van der Waals surface area contributed by atoms with Gasteiger partial charge < -0.3 is 15.5 Å². The van der Waals surface area contributed by atoms with Crippen LogP contribution in [0.5, 0.6) is 0 Å². The molecule has 0 radical (unpaired) electrons. The van der Waals surface area contributed by atoms with Crippen molar-refractivity contribution in [2.75, 3.05) is 50.6 Å². The predicted octanol–water partition coefficient (Wildman–Crippen LogP) is 2.38. The highest BCUT2D eigenvalue weighted by Gasteiger charge is 2.16. The highest BCUT2D eigenvalue weighted by Crippen LogP contribution is 2.20. The number of thioether (sulfide) groups is 1. The maximum Gasteiger partial charge on any atom is 0.191 e. The molecule has 0 spiro atoms. The maximum absolute atomic E-state index is 4.49. The first-order valence-electron chi connectivity index (χ1n) is 7.24. The summed E-state index contributed by atoms with van der Waals surface area (Å²) in [4.78, 5) is 11.3. The fourth-order valence-electron chi connectivity index (χ4n) is 2.49. The van der Waals surface area contributed by atoms with E-state index in [1.807, 2.05) is 19.4 Å². The third kappa shape index (κ3) is 4.52. The molecule has 1 aliphatic heterocycles. The monoisotopic (exact) mass is 295 g/mol. The molecular weight excluding hydrogens is 270 g/mol. The van der Waals surface area contributed by atoms with Gasteiger partial charge in [0.2, 0.25) is 0 Å². The van der Waals surface area contributed by atoms with Gasteiger partial charge in [-0.25, -0.2) is 9.97 Å². The summed E-state index contributed by atoms with van der Waals surface area (Å²) in [7, 11) is 4.09. The van der Waals surface area contributed by atoms with Crippen LogP contribution in [0.1, 0.15) is 19.3 Å². The van der Waals surface area contributed by atoms with E-state index in [1.54, 1.807) is 11.8 Å². The van der Waals surface area contributed by atoms with Crippen LogP contribution >= 0.6 is 11.8 Å². The van der Waals surface area contributed by atoms with Gasteiger partial charge >= 0.3 is 0 Å². The first-order chi connectivity index (χ1) is 9.71. The lowest BCUT2D eigenvalue weighted by atomic mass is 9.94. The number of rotatable bonds is 6. The van der Waals surface area contributed by atoms with Crippen molar-refractivity contribution in [1.82, 2.24) is 14.9 Å². The van der Waals surface area contributed by atoms with Crippen molar-refractivity contribution in [1.29, 1.82) is 0 Å². The van der Waals surface area contributed by atoms with Gasteiger partial charge in [-0.05, 0) is 51.6 Å². The van der Waals surface area contributed by atoms with Crippen molar-refractivity contribution in [2.24, 2.45) is 5.92 Å². The number of nitrogens with one attached hydrogen (secondary N) is 2. The van der Waals surface area contributed by atoms with Crippen LogP contribution in [0.2, 0.25) is 0 Å². The van der Waals surface area contributed by atoms with Gasteiger partial charge in [-0.2, -0.15) is 0 Å². The van der Waals surface area contributed by atoms with Crippen molar-refractivity contribution in [3.05, 3.63) is 6.07 Å². The zero-order valence-electron chi connectivity index (χ0n) is 12.6. The second-order valence-corrected chi connectivity index (χ2v) is 6.11. The summed E-state index contributed by atoms with van der Waals surface area (Å²) in [6, 6.07) is 1.97. The minimum Gasteiger partial charge on any atom is -0.373 e. The fourth-order valence-corrected chi connectivity index (χ4v) is 2.87. The van der Waals surface area contributed by atoms with Gasteiger partial charge in [-0.3, -0.25) is 0 Å². The third-order valence-electron chi connectivity index (χ3n) is 3.84. The van der Waals surface area contributed by atoms with Crippen molar-refractivity contribution < 1.29 is 0 Å². The number of aromatic nitrogens is 2. The molecule has 0 saturated carbocycles. The lowest BCUT2D eigenvalue weighted by Crippen LogP contribution is -2.30. The second kappa shape index (κ2) is 7.69. The first kappa shape index (κ1) is 15.4. The van der Waals surface area contributed by atoms with E-state index in [4.69, 9.17) is 0 Å². The second-order valence-electron chi connectivity index (χ2n) is 5.34. The number of likely N-dealkylation sites (tertiary alicyclic amines) is 1. The zero-order valence-corrected chi connectivity index (χ0v) is 13.5. The van der Waals surface area contributed by atoms with E-state index in [0.717, 1.165) is 29.3 Å². The molecule has 0 aromatic carbocycles. The molecular formula is C14H25N5S. The van der Waals surface area contributed by atoms with Gasteiger partial charge in [0.25, 0.3) is 0 Å². The van der Waals surface area contributed by atoms with Crippen molar-refractivity contribution in [2.45, 2.75) is 24.4 Å². The third-order valence-corrected chi connectivity index (χ3v) is 4.39. The quantitative estimate of drug-likeness (QED) is 0.621. The summed E-state index contributed by atoms with van der Waals surface area (Å²) in [6.07, 6.45) is 5.86. The van der Waals surface area contributed by atoms with E-state index in [2.05, 4.69) is 32.5 Å². The molecule has 2 N–H and O–H groups in total. The van der Waals surface area contributed by atoms with Crippen LogP contribution in [0.15, 0.2) is 11.2 Å². The Balaban J connectivity index is 1.81. The molecule has 1 aromatic rings. The molecule has 0 atom stereocenters. The van der Waals surface area contributed by atoms with Gasteiger partial charge in [0.1, 0.15) is 11.6 Å². The molecule has 20 heavy (non-hydrogen) atoms. The first-order valence-corrected chi connectivity index (χ1v) is 8.47. The van der Waals surface area contributed by atoms with E-state index in [0.29, 0.717) is 0 Å². The van der Waals surface area contributed by atoms with E-state index in [-0.39, 0.29) is 0 Å². The van der Waals surface area contributed by atoms with Crippen molar-refractivity contribution in [3.63, 3.8) is 0 Å². The number of piperidine rings is 1. The molecule has 2 rings (SSSR count). The summed E-state index contributed by atoms with van der Waals surface area (Å²) in [5.41, 5.74) is 0. The number of anilines is 2. The Morgan fingerprint density at radius 1 is 1.30 bits per heavy atom. The predicted molar refractivity (Wildman–Crippen MR) is 86.7 cm³/mol. The average Bonchev–Trinajstić information content (AvgIpc) is 2.49. The normalized spacial score (nSPS) is 17.1. The molecule has 6 heteroatoms. The summed E-state index contributed by atoms with van der Waals surface area (Å²) in [6.45, 7) is 3.46. The summed E-state index contributed by atoms with van der Waals surface area (Å²) >= 11 is 1.57. The molecule has 5 nitrogen and oxygen atoms in total. The van der Waals surface area contributed by atoms with E-state index in [9.17, 15) is 0 Å². The molecule has 2 heterocycles. The Labute approximate surface area is 125 Å². The summed E-state index contributed by atoms with van der Waals surface area (Å²) < 4.78 is 0. The van der Waals surface area contributed by atoms with Crippen molar-refractivity contribution in [3.8, 4) is 0 Å². The Kier molecular flexibility index (Phi) is 5.91. The Morgan fingerprint density at radius 2 is 2.00 bits per heavy atom. The highest BCUT2D eigenvalue weighted by molar-refractivity contribution is 7.98. The number of nitrogens with zero attached hydrogens (tertiary/aromatic N) is 3. The van der Waals surface area contributed by atoms with Crippen LogP contribution in [-0.4, -0.2) is 54.9 Å². The molecule has 1 aromatic heterocycles. The standard InChI is InChI=1S/C14H25N5S/c1-15-12-10-13(18-14(17-12)20-3)16-7-4-11-5-8-19(2)9-6-11/h10-11H,4-9H2,1-3H3,(H2,15,16,17,18). The Hall–Kier alpha value is -1.01. The topological polar surface area (TPSA) is 53.1 Å². The minimum atomic E-state index is 0.804. The molecule has 1 fully saturated rings. The summed E-state index contributed by atoms with van der Waals surface area (Å²) in [5, 5.41) is 7.32. The highest BCUT2D eigenvalue weighted by atomic mass is 32.2. The van der Waals surface area contributed by atoms with Gasteiger partial charge in [0.15, 0.2) is 5.16 Å². The van der Waals surface area contributed by atoms with Crippen molar-refractivity contribution >= 4 is 23.4 Å². The lowest BCUT2D eigenvalue weighted by Gasteiger charge is -2.28. The largest absolute Gasteiger partial charge is 0.373 e. The molecule has 1 saturated heterocycles. The zero-order chi connectivity index (χ0) is 14.4. The van der Waals surface area contributed by atoms with Crippen LogP contribution < -0.4 is 10.6 Å². The molecule has 112 valence electrons. The Morgan fingerprint density at radius 3 is 2.65 bits per heavy atom. The molecule has 1 aliphatic rings. The van der Waals surface area contributed by atoms with E-state index in [1.165, 1.54) is 32.4 Å². The average molecular weight is 295 g/mol. The number of hydrogen-bond donors (Lipinski definition) is 2. The maximum atomic E-state index is 4.49. The fraction of sp³-hybridized carbons (Fsp3) is 0.714. The van der Waals surface area contributed by atoms with Gasteiger partial charge in [-0.15, -0.1) is 0 Å². The summed E-state index contributed by atoms with van der Waals surface area (Å²) in [5.74, 6) is 2.64. The van der Waals surface area contributed by atoms with Crippen LogP contribution in [-0.2, 0) is 0 Å². The smallest absolute Gasteiger partial charge is 0.191 e. The molecule has 0 amide bonds. The van der Waals surface area contributed by atoms with Gasteiger partial charge in [0.05, 0.1) is 0 Å². The van der Waals surface area contributed by atoms with E-state index < -0.39 is 0 Å². The SMILES string of the molecule is CNc1cc(NCCC2CCN(C)CC2)nc(SC)n1. The van der Waals surface area contributed by atoms with Crippen LogP contribution in [0.3, 0.4) is 0 Å². The number of hydrogen-bond acceptors (Lipinski definition) is 6. The lowest BCUT2D eigenvalue weighted by molar-refractivity contribution is 0.215. The van der Waals surface area contributed by atoms with Crippen LogP contribution in [0, 0.1) is 5.92 Å². The van der Waals surface area contributed by atoms with Gasteiger partial charge in [0, 0.05) is 19.7 Å². The molecule has 0 bridgehead atoms.